The van der Waals surface area contributed by atoms with Crippen molar-refractivity contribution in [3.63, 3.8) is 0 Å². The fourth-order valence-corrected chi connectivity index (χ4v) is 2.34. The summed E-state index contributed by atoms with van der Waals surface area (Å²) in [5.41, 5.74) is 1.15. The van der Waals surface area contributed by atoms with Crippen LogP contribution in [0.5, 0.6) is 5.75 Å². The molecule has 0 amide bonds. The van der Waals surface area contributed by atoms with Crippen LogP contribution in [0.3, 0.4) is 0 Å². The van der Waals surface area contributed by atoms with E-state index in [-0.39, 0.29) is 0 Å². The van der Waals surface area contributed by atoms with Crippen LogP contribution in [-0.2, 0) is 0 Å². The predicted molar refractivity (Wildman–Crippen MR) is 75.5 cm³/mol. The highest BCUT2D eigenvalue weighted by molar-refractivity contribution is 6.31. The van der Waals surface area contributed by atoms with Gasteiger partial charge in [-0.3, -0.25) is 0 Å². The Morgan fingerprint density at radius 3 is 2.67 bits per heavy atom. The Labute approximate surface area is 114 Å². The monoisotopic (exact) mass is 268 g/mol. The van der Waals surface area contributed by atoms with Crippen molar-refractivity contribution in [3.8, 4) is 5.75 Å². The van der Waals surface area contributed by atoms with Gasteiger partial charge in [-0.1, -0.05) is 17.7 Å². The zero-order valence-electron chi connectivity index (χ0n) is 11.2. The van der Waals surface area contributed by atoms with Crippen molar-refractivity contribution in [1.82, 2.24) is 10.2 Å². The van der Waals surface area contributed by atoms with Crippen LogP contribution < -0.4 is 10.1 Å². The van der Waals surface area contributed by atoms with Crippen molar-refractivity contribution in [3.05, 3.63) is 28.8 Å². The van der Waals surface area contributed by atoms with Crippen LogP contribution in [0, 0.1) is 0 Å². The van der Waals surface area contributed by atoms with Gasteiger partial charge in [0.1, 0.15) is 5.75 Å². The maximum Gasteiger partial charge on any atom is 0.120 e. The van der Waals surface area contributed by atoms with Crippen LogP contribution in [-0.4, -0.2) is 38.7 Å². The number of halogens is 1. The van der Waals surface area contributed by atoms with E-state index < -0.39 is 0 Å². The highest BCUT2D eigenvalue weighted by atomic mass is 35.5. The van der Waals surface area contributed by atoms with Gasteiger partial charge in [-0.15, -0.1) is 0 Å². The van der Waals surface area contributed by atoms with Gasteiger partial charge in [0.15, 0.2) is 0 Å². The summed E-state index contributed by atoms with van der Waals surface area (Å²) in [6.07, 6.45) is 2.60. The Morgan fingerprint density at radius 1 is 1.44 bits per heavy atom. The molecule has 0 saturated heterocycles. The number of hydrogen-bond acceptors (Lipinski definition) is 3. The number of likely N-dealkylation sites (N-methyl/N-ethyl adjacent to an activating group) is 1. The van der Waals surface area contributed by atoms with E-state index in [2.05, 4.69) is 30.4 Å². The Kier molecular flexibility index (Phi) is 4.49. The van der Waals surface area contributed by atoms with Crippen molar-refractivity contribution in [2.45, 2.75) is 24.9 Å². The Bertz CT molecular complexity index is 405. The molecule has 1 atom stereocenters. The quantitative estimate of drug-likeness (QED) is 0.859. The van der Waals surface area contributed by atoms with Gasteiger partial charge in [0.2, 0.25) is 0 Å². The Balaban J connectivity index is 2.12. The Hall–Kier alpha value is -0.770. The lowest BCUT2D eigenvalue weighted by molar-refractivity contribution is 0.288. The molecule has 18 heavy (non-hydrogen) atoms. The first-order valence-corrected chi connectivity index (χ1v) is 6.73. The minimum Gasteiger partial charge on any atom is -0.497 e. The molecule has 0 aliphatic heterocycles. The molecule has 4 heteroatoms. The molecule has 1 unspecified atom stereocenters. The minimum atomic E-state index is 0.295. The van der Waals surface area contributed by atoms with Crippen molar-refractivity contribution >= 4 is 11.6 Å². The lowest BCUT2D eigenvalue weighted by Crippen LogP contribution is -2.32. The van der Waals surface area contributed by atoms with E-state index >= 15 is 0 Å². The molecule has 0 spiro atoms. The standard InChI is InChI=1S/C14H21ClN2O/c1-17(2)14(9-16-10-4-5-10)12-7-6-11(18-3)8-13(12)15/h6-8,10,14,16H,4-5,9H2,1-3H3. The maximum absolute atomic E-state index is 6.34. The molecule has 1 aromatic rings. The first-order valence-electron chi connectivity index (χ1n) is 6.35. The van der Waals surface area contributed by atoms with E-state index in [0.717, 1.165) is 22.9 Å². The van der Waals surface area contributed by atoms with E-state index in [1.54, 1.807) is 7.11 Å². The molecule has 2 rings (SSSR count). The number of ether oxygens (including phenoxy) is 1. The lowest BCUT2D eigenvalue weighted by atomic mass is 10.1. The van der Waals surface area contributed by atoms with E-state index in [1.165, 1.54) is 12.8 Å². The van der Waals surface area contributed by atoms with Crippen molar-refractivity contribution in [1.29, 1.82) is 0 Å². The van der Waals surface area contributed by atoms with Gasteiger partial charge < -0.3 is 15.0 Å². The van der Waals surface area contributed by atoms with Crippen LogP contribution in [0.25, 0.3) is 0 Å². The second-order valence-electron chi connectivity index (χ2n) is 5.05. The molecule has 0 heterocycles. The summed E-state index contributed by atoms with van der Waals surface area (Å²) in [5.74, 6) is 0.802. The largest absolute Gasteiger partial charge is 0.497 e. The first-order chi connectivity index (χ1) is 8.61. The van der Waals surface area contributed by atoms with E-state index in [0.29, 0.717) is 12.1 Å². The second-order valence-corrected chi connectivity index (χ2v) is 5.46. The van der Waals surface area contributed by atoms with E-state index in [9.17, 15) is 0 Å². The van der Waals surface area contributed by atoms with Gasteiger partial charge in [0.25, 0.3) is 0 Å². The molecule has 3 nitrogen and oxygen atoms in total. The lowest BCUT2D eigenvalue weighted by Gasteiger charge is -2.26. The fraction of sp³-hybridized carbons (Fsp3) is 0.571. The summed E-state index contributed by atoms with van der Waals surface area (Å²) >= 11 is 6.34. The van der Waals surface area contributed by atoms with Gasteiger partial charge in [-0.25, -0.2) is 0 Å². The van der Waals surface area contributed by atoms with Gasteiger partial charge in [-0.2, -0.15) is 0 Å². The topological polar surface area (TPSA) is 24.5 Å². The van der Waals surface area contributed by atoms with Crippen molar-refractivity contribution in [2.24, 2.45) is 0 Å². The highest BCUT2D eigenvalue weighted by Crippen LogP contribution is 2.30. The molecule has 0 aromatic heterocycles. The van der Waals surface area contributed by atoms with Gasteiger partial charge in [0.05, 0.1) is 7.11 Å². The van der Waals surface area contributed by atoms with Gasteiger partial charge in [-0.05, 0) is 44.6 Å². The third kappa shape index (κ3) is 3.37. The number of nitrogens with one attached hydrogen (secondary N) is 1. The number of benzene rings is 1. The van der Waals surface area contributed by atoms with Crippen molar-refractivity contribution in [2.75, 3.05) is 27.7 Å². The second kappa shape index (κ2) is 5.91. The van der Waals surface area contributed by atoms with Crippen LogP contribution in [0.15, 0.2) is 18.2 Å². The highest BCUT2D eigenvalue weighted by Gasteiger charge is 2.24. The molecule has 100 valence electrons. The molecular formula is C14H21ClN2O. The SMILES string of the molecule is COc1ccc(C(CNC2CC2)N(C)C)c(Cl)c1. The molecule has 0 radical (unpaired) electrons. The van der Waals surface area contributed by atoms with Crippen LogP contribution >= 0.6 is 11.6 Å². The summed E-state index contributed by atoms with van der Waals surface area (Å²) in [5, 5.41) is 4.33. The number of rotatable bonds is 6. The number of methoxy groups -OCH3 is 1. The number of hydrogen-bond donors (Lipinski definition) is 1. The summed E-state index contributed by atoms with van der Waals surface area (Å²) < 4.78 is 5.18. The molecule has 1 saturated carbocycles. The fourth-order valence-electron chi connectivity index (χ4n) is 2.04. The summed E-state index contributed by atoms with van der Waals surface area (Å²) in [4.78, 5) is 2.20. The third-order valence-corrected chi connectivity index (χ3v) is 3.69. The maximum atomic E-state index is 6.34. The smallest absolute Gasteiger partial charge is 0.120 e. The average molecular weight is 269 g/mol. The predicted octanol–water partition coefficient (Wildman–Crippen LogP) is 2.70. The first kappa shape index (κ1) is 13.7. The molecule has 1 aromatic carbocycles. The van der Waals surface area contributed by atoms with E-state index in [1.807, 2.05) is 12.1 Å². The van der Waals surface area contributed by atoms with Gasteiger partial charge in [0, 0.05) is 23.7 Å². The van der Waals surface area contributed by atoms with Crippen molar-refractivity contribution < 1.29 is 4.74 Å². The summed E-state index contributed by atoms with van der Waals surface area (Å²) in [6.45, 7) is 0.934. The third-order valence-electron chi connectivity index (χ3n) is 3.37. The molecule has 1 fully saturated rings. The average Bonchev–Trinajstić information content (AvgIpc) is 3.14. The zero-order valence-corrected chi connectivity index (χ0v) is 12.0. The molecule has 1 aliphatic rings. The van der Waals surface area contributed by atoms with Crippen LogP contribution in [0.2, 0.25) is 5.02 Å². The summed E-state index contributed by atoms with van der Waals surface area (Å²) in [7, 11) is 5.82. The van der Waals surface area contributed by atoms with Crippen LogP contribution in [0.1, 0.15) is 24.4 Å². The Morgan fingerprint density at radius 2 is 2.17 bits per heavy atom. The molecule has 0 bridgehead atoms. The molecule has 1 aliphatic carbocycles. The van der Waals surface area contributed by atoms with Crippen LogP contribution in [0.4, 0.5) is 0 Å². The normalized spacial score (nSPS) is 16.9. The molecular weight excluding hydrogens is 248 g/mol. The number of nitrogens with zero attached hydrogens (tertiary/aromatic N) is 1. The minimum absolute atomic E-state index is 0.295. The van der Waals surface area contributed by atoms with E-state index in [4.69, 9.17) is 16.3 Å². The molecule has 1 N–H and O–H groups in total. The van der Waals surface area contributed by atoms with Gasteiger partial charge >= 0.3 is 0 Å². The summed E-state index contributed by atoms with van der Waals surface area (Å²) in [6, 6.07) is 6.91. The zero-order chi connectivity index (χ0) is 13.1.